The van der Waals surface area contributed by atoms with Crippen LogP contribution in [0.1, 0.15) is 19.3 Å². The first-order valence-corrected chi connectivity index (χ1v) is 7.05. The summed E-state index contributed by atoms with van der Waals surface area (Å²) >= 11 is 0. The number of para-hydroxylation sites is 2. The number of aliphatic hydroxyl groups is 1. The highest BCUT2D eigenvalue weighted by atomic mass is 16.5. The third kappa shape index (κ3) is 4.49. The minimum Gasteiger partial charge on any atom is -0.493 e. The van der Waals surface area contributed by atoms with Crippen molar-refractivity contribution in [3.8, 4) is 11.5 Å². The number of carbonyl (C=O) groups is 1. The second-order valence-corrected chi connectivity index (χ2v) is 5.11. The molecular weight excluding hydrogens is 270 g/mol. The molecule has 0 radical (unpaired) electrons. The first kappa shape index (κ1) is 15.4. The van der Waals surface area contributed by atoms with Crippen molar-refractivity contribution in [1.29, 1.82) is 0 Å². The molecule has 1 aromatic carbocycles. The fraction of sp³-hybridized carbons (Fsp3) is 0.438. The van der Waals surface area contributed by atoms with Crippen LogP contribution < -0.4 is 14.8 Å². The van der Waals surface area contributed by atoms with E-state index in [0.29, 0.717) is 17.9 Å². The molecule has 0 spiro atoms. The molecule has 21 heavy (non-hydrogen) atoms. The van der Waals surface area contributed by atoms with E-state index in [1.165, 1.54) is 0 Å². The van der Waals surface area contributed by atoms with Crippen molar-refractivity contribution in [3.05, 3.63) is 36.4 Å². The average molecular weight is 291 g/mol. The highest BCUT2D eigenvalue weighted by Crippen LogP contribution is 2.25. The number of ether oxygens (including phenoxy) is 2. The normalized spacial score (nSPS) is 20.9. The Morgan fingerprint density at radius 2 is 2.14 bits per heavy atom. The average Bonchev–Trinajstić information content (AvgIpc) is 2.52. The molecule has 0 aliphatic heterocycles. The number of carbonyl (C=O) groups excluding carboxylic acids is 1. The largest absolute Gasteiger partial charge is 0.493 e. The van der Waals surface area contributed by atoms with Gasteiger partial charge in [-0.2, -0.15) is 0 Å². The summed E-state index contributed by atoms with van der Waals surface area (Å²) in [6.45, 7) is 0.0950. The van der Waals surface area contributed by atoms with Crippen LogP contribution in [0, 0.1) is 0 Å². The minimum atomic E-state index is -0.932. The second kappa shape index (κ2) is 7.13. The van der Waals surface area contributed by atoms with Gasteiger partial charge in [0.1, 0.15) is 0 Å². The Morgan fingerprint density at radius 1 is 1.38 bits per heavy atom. The quantitative estimate of drug-likeness (QED) is 0.782. The maximum absolute atomic E-state index is 11.8. The van der Waals surface area contributed by atoms with E-state index in [9.17, 15) is 9.90 Å². The molecule has 1 aliphatic rings. The zero-order valence-corrected chi connectivity index (χ0v) is 12.2. The van der Waals surface area contributed by atoms with Gasteiger partial charge in [0.2, 0.25) is 0 Å². The van der Waals surface area contributed by atoms with Gasteiger partial charge in [-0.1, -0.05) is 24.3 Å². The molecule has 1 aliphatic carbocycles. The van der Waals surface area contributed by atoms with Crippen molar-refractivity contribution >= 4 is 5.91 Å². The Labute approximate surface area is 124 Å². The maximum atomic E-state index is 11.8. The number of methoxy groups -OCH3 is 1. The number of nitrogens with one attached hydrogen (secondary N) is 1. The van der Waals surface area contributed by atoms with Crippen LogP contribution in [0.5, 0.6) is 11.5 Å². The summed E-state index contributed by atoms with van der Waals surface area (Å²) in [6.07, 6.45) is 6.28. The number of amides is 1. The smallest absolute Gasteiger partial charge is 0.258 e. The van der Waals surface area contributed by atoms with Crippen LogP contribution in [0.2, 0.25) is 0 Å². The summed E-state index contributed by atoms with van der Waals surface area (Å²) in [7, 11) is 1.55. The maximum Gasteiger partial charge on any atom is 0.258 e. The Bertz CT molecular complexity index is 515. The van der Waals surface area contributed by atoms with Gasteiger partial charge in [-0.25, -0.2) is 0 Å². The van der Waals surface area contributed by atoms with Gasteiger partial charge in [-0.05, 0) is 31.4 Å². The SMILES string of the molecule is COc1ccccc1OCC(=O)NCC1(O)C=CCCC1. The molecule has 0 aromatic heterocycles. The number of hydrogen-bond donors (Lipinski definition) is 2. The lowest BCUT2D eigenvalue weighted by atomic mass is 9.91. The van der Waals surface area contributed by atoms with Crippen LogP contribution in [-0.2, 0) is 4.79 Å². The van der Waals surface area contributed by atoms with Crippen molar-refractivity contribution in [2.24, 2.45) is 0 Å². The molecule has 2 N–H and O–H groups in total. The summed E-state index contributed by atoms with van der Waals surface area (Å²) in [5, 5.41) is 12.9. The van der Waals surface area contributed by atoms with E-state index in [4.69, 9.17) is 9.47 Å². The number of hydrogen-bond acceptors (Lipinski definition) is 4. The zero-order valence-electron chi connectivity index (χ0n) is 12.2. The van der Waals surface area contributed by atoms with E-state index in [1.807, 2.05) is 18.2 Å². The van der Waals surface area contributed by atoms with E-state index in [1.54, 1.807) is 25.3 Å². The Kier molecular flexibility index (Phi) is 5.22. The van der Waals surface area contributed by atoms with Gasteiger partial charge in [0.05, 0.1) is 19.3 Å². The van der Waals surface area contributed by atoms with E-state index < -0.39 is 5.60 Å². The first-order chi connectivity index (χ1) is 10.1. The third-order valence-electron chi connectivity index (χ3n) is 3.43. The van der Waals surface area contributed by atoms with Gasteiger partial charge < -0.3 is 19.9 Å². The van der Waals surface area contributed by atoms with Gasteiger partial charge in [0.25, 0.3) is 5.91 Å². The monoisotopic (exact) mass is 291 g/mol. The standard InChI is InChI=1S/C16H21NO4/c1-20-13-7-3-4-8-14(13)21-11-15(18)17-12-16(19)9-5-2-6-10-16/h3-5,7-9,19H,2,6,10-12H2,1H3,(H,17,18). The van der Waals surface area contributed by atoms with Crippen LogP contribution in [-0.4, -0.2) is 36.9 Å². The Morgan fingerprint density at radius 3 is 2.81 bits per heavy atom. The van der Waals surface area contributed by atoms with Gasteiger partial charge in [-0.15, -0.1) is 0 Å². The first-order valence-electron chi connectivity index (χ1n) is 7.05. The fourth-order valence-electron chi connectivity index (χ4n) is 2.24. The van der Waals surface area contributed by atoms with Crippen LogP contribution in [0.25, 0.3) is 0 Å². The lowest BCUT2D eigenvalue weighted by molar-refractivity contribution is -0.124. The molecule has 5 nitrogen and oxygen atoms in total. The number of rotatable bonds is 6. The summed E-state index contributed by atoms with van der Waals surface area (Å²) < 4.78 is 10.6. The van der Waals surface area contributed by atoms with E-state index in [0.717, 1.165) is 12.8 Å². The fourth-order valence-corrected chi connectivity index (χ4v) is 2.24. The molecule has 114 valence electrons. The third-order valence-corrected chi connectivity index (χ3v) is 3.43. The van der Waals surface area contributed by atoms with Crippen molar-refractivity contribution in [2.45, 2.75) is 24.9 Å². The molecule has 0 saturated carbocycles. The van der Waals surface area contributed by atoms with Crippen LogP contribution >= 0.6 is 0 Å². The van der Waals surface area contributed by atoms with Crippen molar-refractivity contribution in [1.82, 2.24) is 5.32 Å². The topological polar surface area (TPSA) is 67.8 Å². The highest BCUT2D eigenvalue weighted by molar-refractivity contribution is 5.77. The molecule has 1 amide bonds. The van der Waals surface area contributed by atoms with Crippen molar-refractivity contribution in [2.75, 3.05) is 20.3 Å². The summed E-state index contributed by atoms with van der Waals surface area (Å²) in [5.41, 5.74) is -0.932. The molecule has 2 rings (SSSR count). The van der Waals surface area contributed by atoms with Crippen molar-refractivity contribution < 1.29 is 19.4 Å². The highest BCUT2D eigenvalue weighted by Gasteiger charge is 2.25. The molecule has 0 saturated heterocycles. The number of allylic oxidation sites excluding steroid dienone is 1. The molecule has 1 unspecified atom stereocenters. The van der Waals surface area contributed by atoms with Crippen molar-refractivity contribution in [3.63, 3.8) is 0 Å². The molecule has 1 atom stereocenters. The lowest BCUT2D eigenvalue weighted by Gasteiger charge is -2.27. The van der Waals surface area contributed by atoms with Crippen LogP contribution in [0.4, 0.5) is 0 Å². The minimum absolute atomic E-state index is 0.111. The van der Waals surface area contributed by atoms with E-state index >= 15 is 0 Å². The number of benzene rings is 1. The Hall–Kier alpha value is -2.01. The molecule has 0 heterocycles. The zero-order chi connectivity index (χ0) is 15.1. The van der Waals surface area contributed by atoms with Gasteiger partial charge in [0, 0.05) is 0 Å². The van der Waals surface area contributed by atoms with Crippen LogP contribution in [0.15, 0.2) is 36.4 Å². The molecule has 0 fully saturated rings. The van der Waals surface area contributed by atoms with Crippen LogP contribution in [0.3, 0.4) is 0 Å². The summed E-state index contributed by atoms with van der Waals surface area (Å²) in [5.74, 6) is 0.832. The van der Waals surface area contributed by atoms with Gasteiger partial charge >= 0.3 is 0 Å². The molecule has 0 bridgehead atoms. The van der Waals surface area contributed by atoms with E-state index in [2.05, 4.69) is 5.32 Å². The van der Waals surface area contributed by atoms with E-state index in [-0.39, 0.29) is 19.1 Å². The molecule has 1 aromatic rings. The molecule has 5 heteroatoms. The van der Waals surface area contributed by atoms with Gasteiger partial charge in [-0.3, -0.25) is 4.79 Å². The lowest BCUT2D eigenvalue weighted by Crippen LogP contribution is -2.43. The molecular formula is C16H21NO4. The Balaban J connectivity index is 1.80. The predicted octanol–water partition coefficient (Wildman–Crippen LogP) is 1.66. The second-order valence-electron chi connectivity index (χ2n) is 5.11. The predicted molar refractivity (Wildman–Crippen MR) is 79.4 cm³/mol. The summed E-state index contributed by atoms with van der Waals surface area (Å²) in [6, 6.07) is 7.15. The summed E-state index contributed by atoms with van der Waals surface area (Å²) in [4.78, 5) is 11.8. The van der Waals surface area contributed by atoms with Gasteiger partial charge in [0.15, 0.2) is 18.1 Å².